The third-order valence-corrected chi connectivity index (χ3v) is 2.51. The highest BCUT2D eigenvalue weighted by Gasteiger charge is 2.24. The van der Waals surface area contributed by atoms with E-state index in [2.05, 4.69) is 6.92 Å². The molecule has 0 heterocycles. The molecule has 0 spiro atoms. The first-order valence-electron chi connectivity index (χ1n) is 5.68. The fraction of sp³-hybridized carbons (Fsp3) is 0.909. The SMILES string of the molecule is CCCCCCCCOC(=O)CC(Cl)(Cl)Cl. The Labute approximate surface area is 113 Å². The van der Waals surface area contributed by atoms with Crippen LogP contribution in [0.1, 0.15) is 51.9 Å². The quantitative estimate of drug-likeness (QED) is 0.369. The Hall–Kier alpha value is 0.340. The van der Waals surface area contributed by atoms with Gasteiger partial charge in [0, 0.05) is 0 Å². The molecular formula is C11H19Cl3O2. The topological polar surface area (TPSA) is 26.3 Å². The molecule has 0 amide bonds. The van der Waals surface area contributed by atoms with Crippen LogP contribution < -0.4 is 0 Å². The Kier molecular flexibility index (Phi) is 9.58. The zero-order chi connectivity index (χ0) is 12.4. The Morgan fingerprint density at radius 2 is 1.62 bits per heavy atom. The molecule has 0 bridgehead atoms. The van der Waals surface area contributed by atoms with Gasteiger partial charge in [-0.25, -0.2) is 0 Å². The normalized spacial score (nSPS) is 11.5. The smallest absolute Gasteiger partial charge is 0.310 e. The van der Waals surface area contributed by atoms with Gasteiger partial charge in [0.15, 0.2) is 0 Å². The molecule has 0 N–H and O–H groups in total. The summed E-state index contributed by atoms with van der Waals surface area (Å²) in [5, 5.41) is 0. The van der Waals surface area contributed by atoms with Crippen LogP contribution in [0, 0.1) is 0 Å². The van der Waals surface area contributed by atoms with Gasteiger partial charge < -0.3 is 4.74 Å². The largest absolute Gasteiger partial charge is 0.466 e. The van der Waals surface area contributed by atoms with E-state index in [1.54, 1.807) is 0 Å². The average molecular weight is 290 g/mol. The molecule has 0 atom stereocenters. The van der Waals surface area contributed by atoms with Gasteiger partial charge in [0.25, 0.3) is 0 Å². The van der Waals surface area contributed by atoms with E-state index in [1.807, 2.05) is 0 Å². The second-order valence-electron chi connectivity index (χ2n) is 3.78. The number of rotatable bonds is 8. The number of unbranched alkanes of at least 4 members (excludes halogenated alkanes) is 5. The van der Waals surface area contributed by atoms with Crippen LogP contribution in [0.2, 0.25) is 0 Å². The number of hydrogen-bond acceptors (Lipinski definition) is 2. The molecular weight excluding hydrogens is 270 g/mol. The Bertz CT molecular complexity index is 190. The standard InChI is InChI=1S/C11H19Cl3O2/c1-2-3-4-5-6-7-8-16-10(15)9-11(12,13)14/h2-9H2,1H3. The van der Waals surface area contributed by atoms with Gasteiger partial charge in [-0.3, -0.25) is 4.79 Å². The molecule has 0 saturated carbocycles. The third-order valence-electron chi connectivity index (χ3n) is 2.11. The molecule has 0 aliphatic heterocycles. The van der Waals surface area contributed by atoms with Crippen molar-refractivity contribution in [2.75, 3.05) is 6.61 Å². The number of esters is 1. The summed E-state index contributed by atoms with van der Waals surface area (Å²) in [5.41, 5.74) is 0. The van der Waals surface area contributed by atoms with Crippen LogP contribution >= 0.6 is 34.8 Å². The van der Waals surface area contributed by atoms with Gasteiger partial charge >= 0.3 is 5.97 Å². The van der Waals surface area contributed by atoms with Crippen LogP contribution in [0.15, 0.2) is 0 Å². The van der Waals surface area contributed by atoms with Crippen molar-refractivity contribution in [3.8, 4) is 0 Å². The Morgan fingerprint density at radius 3 is 2.19 bits per heavy atom. The van der Waals surface area contributed by atoms with Crippen LogP contribution in [0.3, 0.4) is 0 Å². The molecule has 0 radical (unpaired) electrons. The van der Waals surface area contributed by atoms with Crippen LogP contribution in [0.5, 0.6) is 0 Å². The molecule has 0 saturated heterocycles. The second-order valence-corrected chi connectivity index (χ2v) is 6.30. The zero-order valence-electron chi connectivity index (χ0n) is 9.61. The van der Waals surface area contributed by atoms with E-state index in [0.29, 0.717) is 6.61 Å². The monoisotopic (exact) mass is 288 g/mol. The highest BCUT2D eigenvalue weighted by molar-refractivity contribution is 6.68. The minimum atomic E-state index is -1.54. The molecule has 5 heteroatoms. The van der Waals surface area contributed by atoms with Gasteiger partial charge in [-0.05, 0) is 6.42 Å². The van der Waals surface area contributed by atoms with Gasteiger partial charge in [0.2, 0.25) is 3.79 Å². The predicted octanol–water partition coefficient (Wildman–Crippen LogP) is 4.65. The molecule has 2 nitrogen and oxygen atoms in total. The summed E-state index contributed by atoms with van der Waals surface area (Å²) < 4.78 is 3.39. The predicted molar refractivity (Wildman–Crippen MR) is 69.2 cm³/mol. The lowest BCUT2D eigenvalue weighted by atomic mass is 10.1. The molecule has 0 aliphatic rings. The third kappa shape index (κ3) is 12.4. The van der Waals surface area contributed by atoms with Crippen molar-refractivity contribution in [2.24, 2.45) is 0 Å². The number of alkyl halides is 3. The van der Waals surface area contributed by atoms with Gasteiger partial charge in [0.05, 0.1) is 13.0 Å². The molecule has 0 unspecified atom stereocenters. The Morgan fingerprint density at radius 1 is 1.06 bits per heavy atom. The summed E-state index contributed by atoms with van der Waals surface area (Å²) in [7, 11) is 0. The van der Waals surface area contributed by atoms with Crippen molar-refractivity contribution < 1.29 is 9.53 Å². The van der Waals surface area contributed by atoms with Crippen molar-refractivity contribution in [2.45, 2.75) is 55.7 Å². The van der Waals surface area contributed by atoms with E-state index in [4.69, 9.17) is 39.5 Å². The van der Waals surface area contributed by atoms with E-state index in [1.165, 1.54) is 25.7 Å². The van der Waals surface area contributed by atoms with Crippen molar-refractivity contribution in [1.82, 2.24) is 0 Å². The number of carbonyl (C=O) groups excluding carboxylic acids is 1. The lowest BCUT2D eigenvalue weighted by Gasteiger charge is -2.10. The first kappa shape index (κ1) is 16.3. The number of hydrogen-bond donors (Lipinski definition) is 0. The van der Waals surface area contributed by atoms with Crippen LogP contribution in [-0.4, -0.2) is 16.4 Å². The molecule has 0 fully saturated rings. The minimum absolute atomic E-state index is 0.187. The second kappa shape index (κ2) is 9.38. The fourth-order valence-electron chi connectivity index (χ4n) is 1.28. The molecule has 0 aromatic carbocycles. The number of carbonyl (C=O) groups is 1. The van der Waals surface area contributed by atoms with E-state index in [-0.39, 0.29) is 6.42 Å². The maximum atomic E-state index is 11.1. The van der Waals surface area contributed by atoms with Gasteiger partial charge in [0.1, 0.15) is 0 Å². The highest BCUT2D eigenvalue weighted by atomic mass is 35.6. The van der Waals surface area contributed by atoms with Crippen molar-refractivity contribution in [3.05, 3.63) is 0 Å². The molecule has 0 aliphatic carbocycles. The molecule has 96 valence electrons. The molecule has 0 aromatic heterocycles. The van der Waals surface area contributed by atoms with E-state index in [0.717, 1.165) is 12.8 Å². The average Bonchev–Trinajstić information content (AvgIpc) is 2.13. The van der Waals surface area contributed by atoms with E-state index >= 15 is 0 Å². The molecule has 16 heavy (non-hydrogen) atoms. The summed E-state index contributed by atoms with van der Waals surface area (Å²) >= 11 is 16.4. The van der Waals surface area contributed by atoms with Crippen LogP contribution in [0.4, 0.5) is 0 Å². The lowest BCUT2D eigenvalue weighted by molar-refractivity contribution is -0.143. The minimum Gasteiger partial charge on any atom is -0.466 e. The summed E-state index contributed by atoms with van der Waals surface area (Å²) in [6, 6.07) is 0. The highest BCUT2D eigenvalue weighted by Crippen LogP contribution is 2.30. The van der Waals surface area contributed by atoms with Gasteiger partial charge in [-0.1, -0.05) is 73.8 Å². The van der Waals surface area contributed by atoms with E-state index < -0.39 is 9.76 Å². The molecule has 0 rings (SSSR count). The summed E-state index contributed by atoms with van der Waals surface area (Å²) in [4.78, 5) is 11.1. The molecule has 0 aromatic rings. The lowest BCUT2D eigenvalue weighted by Crippen LogP contribution is -2.14. The van der Waals surface area contributed by atoms with Crippen molar-refractivity contribution in [1.29, 1.82) is 0 Å². The van der Waals surface area contributed by atoms with Gasteiger partial charge in [-0.15, -0.1) is 0 Å². The maximum absolute atomic E-state index is 11.1. The van der Waals surface area contributed by atoms with Crippen LogP contribution in [0.25, 0.3) is 0 Å². The number of halogens is 3. The Balaban J connectivity index is 3.28. The van der Waals surface area contributed by atoms with Crippen LogP contribution in [-0.2, 0) is 9.53 Å². The summed E-state index contributed by atoms with van der Waals surface area (Å²) in [6.45, 7) is 2.60. The first-order valence-corrected chi connectivity index (χ1v) is 6.81. The summed E-state index contributed by atoms with van der Waals surface area (Å²) in [5.74, 6) is -0.450. The summed E-state index contributed by atoms with van der Waals surface area (Å²) in [6.07, 6.45) is 6.73. The number of ether oxygens (including phenoxy) is 1. The van der Waals surface area contributed by atoms with Crippen molar-refractivity contribution >= 4 is 40.8 Å². The first-order chi connectivity index (χ1) is 7.45. The van der Waals surface area contributed by atoms with Gasteiger partial charge in [-0.2, -0.15) is 0 Å². The van der Waals surface area contributed by atoms with Crippen molar-refractivity contribution in [3.63, 3.8) is 0 Å². The zero-order valence-corrected chi connectivity index (χ0v) is 11.9. The maximum Gasteiger partial charge on any atom is 0.310 e. The fourth-order valence-corrected chi connectivity index (χ4v) is 1.61. The van der Waals surface area contributed by atoms with E-state index in [9.17, 15) is 4.79 Å².